The maximum Gasteiger partial charge on any atom is 0.416 e. The highest BCUT2D eigenvalue weighted by atomic mass is 35.6. The Morgan fingerprint density at radius 1 is 1.16 bits per heavy atom. The second-order valence-electron chi connectivity index (χ2n) is 4.81. The van der Waals surface area contributed by atoms with Crippen LogP contribution in [0.2, 0.25) is 0 Å². The molecule has 1 atom stereocenters. The number of benzene rings is 1. The Balaban J connectivity index is 2.76. The second-order valence-corrected chi connectivity index (χ2v) is 7.33. The summed E-state index contributed by atoms with van der Waals surface area (Å²) < 4.78 is 45.0. The number of nitrogens with one attached hydrogen (secondary N) is 1. The first-order valence-electron chi connectivity index (χ1n) is 6.66. The molecule has 0 aliphatic heterocycles. The van der Waals surface area contributed by atoms with E-state index in [2.05, 4.69) is 14.8 Å². The van der Waals surface area contributed by atoms with Gasteiger partial charge in [-0.15, -0.1) is 0 Å². The van der Waals surface area contributed by atoms with Gasteiger partial charge in [-0.05, 0) is 17.7 Å². The van der Waals surface area contributed by atoms with E-state index in [9.17, 15) is 22.8 Å². The summed E-state index contributed by atoms with van der Waals surface area (Å²) in [7, 11) is 1.09. The van der Waals surface area contributed by atoms with Gasteiger partial charge in [-0.2, -0.15) is 13.2 Å². The fraction of sp³-hybridized carbons (Fsp3) is 0.429. The fourth-order valence-corrected chi connectivity index (χ4v) is 1.90. The van der Waals surface area contributed by atoms with Crippen molar-refractivity contribution < 1.29 is 32.2 Å². The van der Waals surface area contributed by atoms with Crippen molar-refractivity contribution in [2.45, 2.75) is 22.4 Å². The Hall–Kier alpha value is -1.38. The van der Waals surface area contributed by atoms with E-state index < -0.39 is 40.2 Å². The molecule has 0 aliphatic rings. The number of hydrogen-bond acceptors (Lipinski definition) is 4. The molecule has 1 unspecified atom stereocenters. The molecular weight excluding hydrogens is 410 g/mol. The van der Waals surface area contributed by atoms with Crippen LogP contribution in [0.4, 0.5) is 18.0 Å². The number of alkyl carbamates (subject to hydrolysis) is 1. The lowest BCUT2D eigenvalue weighted by molar-refractivity contribution is -0.143. The highest BCUT2D eigenvalue weighted by Crippen LogP contribution is 2.29. The standard InChI is InChI=1S/C14H13Cl3F3NO4/c1-24-11(22)10(21-12(23)25-7-13(15,16)17)6-8-2-4-9(5-3-8)14(18,19)20/h2-5,10H,6-7H2,1H3,(H,21,23). The lowest BCUT2D eigenvalue weighted by atomic mass is 10.0. The molecule has 1 amide bonds. The largest absolute Gasteiger partial charge is 0.467 e. The lowest BCUT2D eigenvalue weighted by Crippen LogP contribution is -2.43. The average Bonchev–Trinajstić information content (AvgIpc) is 2.50. The van der Waals surface area contributed by atoms with Gasteiger partial charge in [0.05, 0.1) is 12.7 Å². The maximum atomic E-state index is 12.5. The van der Waals surface area contributed by atoms with Gasteiger partial charge in [-0.1, -0.05) is 46.9 Å². The monoisotopic (exact) mass is 421 g/mol. The van der Waals surface area contributed by atoms with Crippen molar-refractivity contribution in [1.82, 2.24) is 5.32 Å². The van der Waals surface area contributed by atoms with Crippen molar-refractivity contribution in [3.8, 4) is 0 Å². The summed E-state index contributed by atoms with van der Waals surface area (Å²) >= 11 is 16.3. The predicted octanol–water partition coefficient (Wildman–Crippen LogP) is 3.89. The Bertz CT molecular complexity index is 603. The molecule has 0 heterocycles. The summed E-state index contributed by atoms with van der Waals surface area (Å²) in [6, 6.07) is 2.92. The number of alkyl halides is 6. The van der Waals surface area contributed by atoms with Crippen molar-refractivity contribution in [3.05, 3.63) is 35.4 Å². The number of halogens is 6. The van der Waals surface area contributed by atoms with Gasteiger partial charge in [0.2, 0.25) is 3.79 Å². The van der Waals surface area contributed by atoms with Crippen molar-refractivity contribution in [2.75, 3.05) is 13.7 Å². The van der Waals surface area contributed by atoms with E-state index in [1.165, 1.54) is 12.1 Å². The minimum atomic E-state index is -4.47. The molecule has 1 N–H and O–H groups in total. The predicted molar refractivity (Wildman–Crippen MR) is 85.7 cm³/mol. The maximum absolute atomic E-state index is 12.5. The molecule has 0 fully saturated rings. The Labute approximate surface area is 156 Å². The Kier molecular flexibility index (Phi) is 7.64. The Morgan fingerprint density at radius 2 is 1.72 bits per heavy atom. The second kappa shape index (κ2) is 8.82. The van der Waals surface area contributed by atoms with Gasteiger partial charge in [0, 0.05) is 6.42 Å². The highest BCUT2D eigenvalue weighted by molar-refractivity contribution is 6.67. The number of ether oxygens (including phenoxy) is 2. The third kappa shape index (κ3) is 8.02. The molecule has 11 heteroatoms. The summed E-state index contributed by atoms with van der Waals surface area (Å²) in [6.45, 7) is -0.558. The number of amides is 1. The number of methoxy groups -OCH3 is 1. The smallest absolute Gasteiger partial charge is 0.416 e. The average molecular weight is 423 g/mol. The lowest BCUT2D eigenvalue weighted by Gasteiger charge is -2.18. The van der Waals surface area contributed by atoms with E-state index in [4.69, 9.17) is 34.8 Å². The number of rotatable bonds is 5. The molecule has 5 nitrogen and oxygen atoms in total. The molecule has 1 aromatic carbocycles. The van der Waals surface area contributed by atoms with Gasteiger partial charge >= 0.3 is 18.2 Å². The van der Waals surface area contributed by atoms with Crippen LogP contribution in [0.1, 0.15) is 11.1 Å². The van der Waals surface area contributed by atoms with Crippen LogP contribution < -0.4 is 5.32 Å². The molecule has 0 aromatic heterocycles. The van der Waals surface area contributed by atoms with Gasteiger partial charge in [0.1, 0.15) is 12.6 Å². The molecule has 1 rings (SSSR count). The van der Waals surface area contributed by atoms with Crippen LogP contribution in [0.25, 0.3) is 0 Å². The van der Waals surface area contributed by atoms with Crippen molar-refractivity contribution in [3.63, 3.8) is 0 Å². The van der Waals surface area contributed by atoms with Gasteiger partial charge in [0.15, 0.2) is 0 Å². The number of hydrogen-bond donors (Lipinski definition) is 1. The molecule has 0 aliphatic carbocycles. The molecule has 0 saturated heterocycles. The van der Waals surface area contributed by atoms with E-state index in [1.807, 2.05) is 0 Å². The fourth-order valence-electron chi connectivity index (χ4n) is 1.73. The minimum absolute atomic E-state index is 0.117. The molecule has 140 valence electrons. The topological polar surface area (TPSA) is 64.6 Å². The molecular formula is C14H13Cl3F3NO4. The normalized spacial score (nSPS) is 13.1. The van der Waals surface area contributed by atoms with E-state index >= 15 is 0 Å². The zero-order valence-corrected chi connectivity index (χ0v) is 15.0. The van der Waals surface area contributed by atoms with Crippen molar-refractivity contribution in [1.29, 1.82) is 0 Å². The third-order valence-electron chi connectivity index (χ3n) is 2.87. The zero-order chi connectivity index (χ0) is 19.3. The number of esters is 1. The first-order chi connectivity index (χ1) is 11.4. The van der Waals surface area contributed by atoms with Crippen LogP contribution in [0.3, 0.4) is 0 Å². The first kappa shape index (κ1) is 21.7. The summed E-state index contributed by atoms with van der Waals surface area (Å²) in [6.07, 6.45) is -5.64. The van der Waals surface area contributed by atoms with E-state index in [-0.39, 0.29) is 6.42 Å². The van der Waals surface area contributed by atoms with Crippen molar-refractivity contribution in [2.24, 2.45) is 0 Å². The van der Waals surface area contributed by atoms with Crippen molar-refractivity contribution >= 4 is 46.9 Å². The van der Waals surface area contributed by atoms with Gasteiger partial charge < -0.3 is 14.8 Å². The zero-order valence-electron chi connectivity index (χ0n) is 12.7. The summed E-state index contributed by atoms with van der Waals surface area (Å²) in [5, 5.41) is 2.20. The molecule has 0 spiro atoms. The SMILES string of the molecule is COC(=O)C(Cc1ccc(C(F)(F)F)cc1)NC(=O)OCC(Cl)(Cl)Cl. The van der Waals surface area contributed by atoms with E-state index in [1.54, 1.807) is 0 Å². The van der Waals surface area contributed by atoms with Gasteiger partial charge in [0.25, 0.3) is 0 Å². The van der Waals surface area contributed by atoms with E-state index in [0.717, 1.165) is 19.2 Å². The number of carbonyl (C=O) groups excluding carboxylic acids is 2. The summed E-state index contributed by atoms with van der Waals surface area (Å²) in [5.41, 5.74) is -0.467. The summed E-state index contributed by atoms with van der Waals surface area (Å²) in [4.78, 5) is 23.4. The van der Waals surface area contributed by atoms with Crippen LogP contribution >= 0.6 is 34.8 Å². The minimum Gasteiger partial charge on any atom is -0.467 e. The molecule has 0 bridgehead atoms. The first-order valence-corrected chi connectivity index (χ1v) is 7.80. The molecule has 0 radical (unpaired) electrons. The highest BCUT2D eigenvalue weighted by Gasteiger charge is 2.30. The van der Waals surface area contributed by atoms with Gasteiger partial charge in [-0.3, -0.25) is 0 Å². The summed E-state index contributed by atoms with van der Waals surface area (Å²) in [5.74, 6) is -0.814. The number of carbonyl (C=O) groups is 2. The van der Waals surface area contributed by atoms with Crippen LogP contribution in [0, 0.1) is 0 Å². The Morgan fingerprint density at radius 3 is 2.16 bits per heavy atom. The van der Waals surface area contributed by atoms with Crippen LogP contribution in [0.5, 0.6) is 0 Å². The van der Waals surface area contributed by atoms with Gasteiger partial charge in [-0.25, -0.2) is 9.59 Å². The third-order valence-corrected chi connectivity index (χ3v) is 3.19. The molecule has 0 saturated carbocycles. The van der Waals surface area contributed by atoms with E-state index in [0.29, 0.717) is 5.56 Å². The van der Waals surface area contributed by atoms with Crippen LogP contribution in [-0.2, 0) is 26.9 Å². The van der Waals surface area contributed by atoms with Crippen LogP contribution in [-0.4, -0.2) is 35.6 Å². The van der Waals surface area contributed by atoms with Crippen LogP contribution in [0.15, 0.2) is 24.3 Å². The molecule has 25 heavy (non-hydrogen) atoms. The quantitative estimate of drug-likeness (QED) is 0.578. The molecule has 1 aromatic rings.